The van der Waals surface area contributed by atoms with Crippen LogP contribution in [0.25, 0.3) is 10.3 Å². The first-order chi connectivity index (χ1) is 13.1. The Morgan fingerprint density at radius 2 is 2.07 bits per heavy atom. The maximum absolute atomic E-state index is 12.0. The van der Waals surface area contributed by atoms with E-state index in [0.717, 1.165) is 27.8 Å². The minimum atomic E-state index is 0.0204. The molecule has 0 aliphatic heterocycles. The molecule has 0 spiro atoms. The molecule has 2 heterocycles. The standard InChI is InChI=1S/C19H23N5OS2/c1-4-13(2)22-15(25)11-26-18-16-17(20-12-21-18)23-19(27-16)24(3)10-14-8-6-5-7-9-14/h5-9,12-13H,4,10-11H2,1-3H3,(H,22,25). The van der Waals surface area contributed by atoms with Crippen molar-refractivity contribution in [2.45, 2.75) is 37.9 Å². The number of hydrogen-bond donors (Lipinski definition) is 1. The number of anilines is 1. The van der Waals surface area contributed by atoms with Crippen molar-refractivity contribution >= 4 is 44.5 Å². The number of aromatic nitrogens is 3. The third-order valence-corrected chi connectivity index (χ3v) is 6.38. The first-order valence-electron chi connectivity index (χ1n) is 8.85. The van der Waals surface area contributed by atoms with Crippen LogP contribution < -0.4 is 10.2 Å². The highest BCUT2D eigenvalue weighted by molar-refractivity contribution is 8.00. The number of amides is 1. The molecule has 0 aliphatic rings. The van der Waals surface area contributed by atoms with Crippen molar-refractivity contribution in [2.24, 2.45) is 0 Å². The monoisotopic (exact) mass is 401 g/mol. The molecule has 1 unspecified atom stereocenters. The van der Waals surface area contributed by atoms with E-state index in [4.69, 9.17) is 0 Å². The van der Waals surface area contributed by atoms with Gasteiger partial charge in [0.25, 0.3) is 0 Å². The molecule has 1 amide bonds. The average Bonchev–Trinajstić information content (AvgIpc) is 3.12. The summed E-state index contributed by atoms with van der Waals surface area (Å²) in [5, 5.41) is 4.67. The minimum absolute atomic E-state index is 0.0204. The van der Waals surface area contributed by atoms with Crippen molar-refractivity contribution in [2.75, 3.05) is 17.7 Å². The Morgan fingerprint density at radius 3 is 2.81 bits per heavy atom. The van der Waals surface area contributed by atoms with Crippen LogP contribution in [0.5, 0.6) is 0 Å². The number of nitrogens with one attached hydrogen (secondary N) is 1. The zero-order valence-corrected chi connectivity index (χ0v) is 17.3. The largest absolute Gasteiger partial charge is 0.353 e. The van der Waals surface area contributed by atoms with Gasteiger partial charge >= 0.3 is 0 Å². The predicted molar refractivity (Wildman–Crippen MR) is 112 cm³/mol. The van der Waals surface area contributed by atoms with Gasteiger partial charge in [0.2, 0.25) is 5.91 Å². The Kier molecular flexibility index (Phi) is 6.63. The fourth-order valence-electron chi connectivity index (χ4n) is 2.47. The quantitative estimate of drug-likeness (QED) is 0.458. The second-order valence-electron chi connectivity index (χ2n) is 6.34. The Bertz CT molecular complexity index is 900. The van der Waals surface area contributed by atoms with Crippen molar-refractivity contribution in [3.05, 3.63) is 42.2 Å². The Hall–Kier alpha value is -2.19. The third kappa shape index (κ3) is 5.17. The number of nitrogens with zero attached hydrogens (tertiary/aromatic N) is 4. The van der Waals surface area contributed by atoms with Crippen LogP contribution in [0, 0.1) is 0 Å². The molecule has 0 fully saturated rings. The van der Waals surface area contributed by atoms with Gasteiger partial charge in [-0.25, -0.2) is 9.97 Å². The van der Waals surface area contributed by atoms with Crippen LogP contribution >= 0.6 is 23.1 Å². The van der Waals surface area contributed by atoms with Crippen LogP contribution in [0.2, 0.25) is 0 Å². The lowest BCUT2D eigenvalue weighted by Crippen LogP contribution is -2.33. The predicted octanol–water partition coefficient (Wildman–Crippen LogP) is 3.73. The summed E-state index contributed by atoms with van der Waals surface area (Å²) in [6, 6.07) is 10.5. The summed E-state index contributed by atoms with van der Waals surface area (Å²) in [6.07, 6.45) is 2.43. The van der Waals surface area contributed by atoms with Crippen LogP contribution in [0.1, 0.15) is 25.8 Å². The Labute approximate surface area is 167 Å². The number of carbonyl (C=O) groups excluding carboxylic acids is 1. The summed E-state index contributed by atoms with van der Waals surface area (Å²) in [5.74, 6) is 0.357. The molecule has 8 heteroatoms. The molecular weight excluding hydrogens is 378 g/mol. The minimum Gasteiger partial charge on any atom is -0.353 e. The molecule has 2 aromatic heterocycles. The smallest absolute Gasteiger partial charge is 0.230 e. The maximum atomic E-state index is 12.0. The van der Waals surface area contributed by atoms with E-state index < -0.39 is 0 Å². The third-order valence-electron chi connectivity index (χ3n) is 4.10. The number of thiazole rings is 1. The molecule has 1 N–H and O–H groups in total. The fraction of sp³-hybridized carbons (Fsp3) is 0.368. The van der Waals surface area contributed by atoms with Gasteiger partial charge in [0.05, 0.1) is 5.75 Å². The SMILES string of the molecule is CCC(C)NC(=O)CSc1ncnc2nc(N(C)Cc3ccccc3)sc12. The van der Waals surface area contributed by atoms with Crippen molar-refractivity contribution in [1.29, 1.82) is 0 Å². The van der Waals surface area contributed by atoms with Gasteiger partial charge in [-0.15, -0.1) is 0 Å². The molecule has 0 radical (unpaired) electrons. The van der Waals surface area contributed by atoms with E-state index in [1.807, 2.05) is 32.2 Å². The highest BCUT2D eigenvalue weighted by atomic mass is 32.2. The molecule has 0 bridgehead atoms. The lowest BCUT2D eigenvalue weighted by Gasteiger charge is -2.15. The fourth-order valence-corrected chi connectivity index (χ4v) is 4.33. The second kappa shape index (κ2) is 9.14. The molecule has 0 saturated heterocycles. The summed E-state index contributed by atoms with van der Waals surface area (Å²) in [5.41, 5.74) is 1.90. The van der Waals surface area contributed by atoms with E-state index in [9.17, 15) is 4.79 Å². The van der Waals surface area contributed by atoms with Crippen LogP contribution in [-0.2, 0) is 11.3 Å². The summed E-state index contributed by atoms with van der Waals surface area (Å²) in [6.45, 7) is 4.83. The van der Waals surface area contributed by atoms with Crippen molar-refractivity contribution < 1.29 is 4.79 Å². The first-order valence-corrected chi connectivity index (χ1v) is 10.7. The molecule has 3 rings (SSSR count). The van der Waals surface area contributed by atoms with E-state index in [1.165, 1.54) is 23.7 Å². The zero-order valence-electron chi connectivity index (χ0n) is 15.7. The lowest BCUT2D eigenvalue weighted by molar-refractivity contribution is -0.119. The van der Waals surface area contributed by atoms with Gasteiger partial charge < -0.3 is 10.2 Å². The van der Waals surface area contributed by atoms with E-state index in [0.29, 0.717) is 11.4 Å². The number of carbonyl (C=O) groups is 1. The van der Waals surface area contributed by atoms with Gasteiger partial charge in [0.15, 0.2) is 10.8 Å². The molecule has 27 heavy (non-hydrogen) atoms. The molecule has 1 atom stereocenters. The van der Waals surface area contributed by atoms with Gasteiger partial charge in [0.1, 0.15) is 16.1 Å². The van der Waals surface area contributed by atoms with E-state index in [2.05, 4.69) is 44.2 Å². The lowest BCUT2D eigenvalue weighted by atomic mass is 10.2. The zero-order chi connectivity index (χ0) is 19.2. The van der Waals surface area contributed by atoms with E-state index >= 15 is 0 Å². The van der Waals surface area contributed by atoms with Gasteiger partial charge in [0, 0.05) is 19.6 Å². The Balaban J connectivity index is 1.72. The molecule has 6 nitrogen and oxygen atoms in total. The van der Waals surface area contributed by atoms with Crippen LogP contribution in [-0.4, -0.2) is 39.7 Å². The van der Waals surface area contributed by atoms with Gasteiger partial charge in [-0.3, -0.25) is 4.79 Å². The normalized spacial score (nSPS) is 12.1. The van der Waals surface area contributed by atoms with Crippen molar-refractivity contribution in [3.8, 4) is 0 Å². The van der Waals surface area contributed by atoms with Gasteiger partial charge in [-0.05, 0) is 18.9 Å². The topological polar surface area (TPSA) is 71.0 Å². The van der Waals surface area contributed by atoms with Crippen LogP contribution in [0.15, 0.2) is 41.7 Å². The average molecular weight is 402 g/mol. The van der Waals surface area contributed by atoms with Crippen molar-refractivity contribution in [1.82, 2.24) is 20.3 Å². The highest BCUT2D eigenvalue weighted by Gasteiger charge is 2.15. The number of rotatable bonds is 8. The molecule has 3 aromatic rings. The molecule has 0 saturated carbocycles. The van der Waals surface area contributed by atoms with Crippen LogP contribution in [0.3, 0.4) is 0 Å². The van der Waals surface area contributed by atoms with Crippen LogP contribution in [0.4, 0.5) is 5.13 Å². The van der Waals surface area contributed by atoms with E-state index in [1.54, 1.807) is 11.3 Å². The van der Waals surface area contributed by atoms with Gasteiger partial charge in [-0.1, -0.05) is 60.4 Å². The molecule has 142 valence electrons. The first kappa shape index (κ1) is 19.6. The molecular formula is C19H23N5OS2. The van der Waals surface area contributed by atoms with Crippen molar-refractivity contribution in [3.63, 3.8) is 0 Å². The number of benzene rings is 1. The highest BCUT2D eigenvalue weighted by Crippen LogP contribution is 2.33. The molecule has 1 aromatic carbocycles. The summed E-state index contributed by atoms with van der Waals surface area (Å²) >= 11 is 2.99. The number of thioether (sulfide) groups is 1. The second-order valence-corrected chi connectivity index (χ2v) is 8.28. The molecule has 0 aliphatic carbocycles. The Morgan fingerprint density at radius 1 is 1.30 bits per heavy atom. The van der Waals surface area contributed by atoms with Gasteiger partial charge in [-0.2, -0.15) is 4.98 Å². The summed E-state index contributed by atoms with van der Waals surface area (Å²) in [7, 11) is 2.02. The summed E-state index contributed by atoms with van der Waals surface area (Å²) in [4.78, 5) is 27.4. The number of hydrogen-bond acceptors (Lipinski definition) is 7. The summed E-state index contributed by atoms with van der Waals surface area (Å²) < 4.78 is 0.925. The van der Waals surface area contributed by atoms with E-state index in [-0.39, 0.29) is 11.9 Å². The maximum Gasteiger partial charge on any atom is 0.230 e. The number of fused-ring (bicyclic) bond motifs is 1.